The molecule has 1 N–H and O–H groups in total. The second-order valence-electron chi connectivity index (χ2n) is 6.35. The van der Waals surface area contributed by atoms with Crippen LogP contribution < -0.4 is 4.74 Å². The van der Waals surface area contributed by atoms with Crippen LogP contribution in [-0.4, -0.2) is 29.8 Å². The van der Waals surface area contributed by atoms with Crippen LogP contribution in [0.25, 0.3) is 11.1 Å². The van der Waals surface area contributed by atoms with E-state index in [9.17, 15) is 8.42 Å². The molecule has 0 spiro atoms. The number of pyridine rings is 1. The topological polar surface area (TPSA) is 76.5 Å². The van der Waals surface area contributed by atoms with Crippen LogP contribution in [0.2, 0.25) is 5.02 Å². The van der Waals surface area contributed by atoms with Crippen LogP contribution in [0.3, 0.4) is 0 Å². The third-order valence-electron chi connectivity index (χ3n) is 4.12. The Hall–Kier alpha value is -2.85. The summed E-state index contributed by atoms with van der Waals surface area (Å²) in [6, 6.07) is 18.3. The van der Waals surface area contributed by atoms with Gasteiger partial charge in [-0.25, -0.2) is 4.98 Å². The summed E-state index contributed by atoms with van der Waals surface area (Å²) < 4.78 is 36.3. The SMILES string of the molecule is CC(COc1ccc(C#Cc2ccc(-c3ccc(Cl)cc3)cn2)cc1)S(=O)(=O)O. The summed E-state index contributed by atoms with van der Waals surface area (Å²) >= 11 is 5.91. The zero-order valence-electron chi connectivity index (χ0n) is 15.5. The smallest absolute Gasteiger partial charge is 0.270 e. The predicted molar refractivity (Wildman–Crippen MR) is 114 cm³/mol. The summed E-state index contributed by atoms with van der Waals surface area (Å²) in [6.45, 7) is 1.24. The average molecular weight is 428 g/mol. The molecule has 1 unspecified atom stereocenters. The van der Waals surface area contributed by atoms with Gasteiger partial charge in [-0.1, -0.05) is 35.7 Å². The van der Waals surface area contributed by atoms with Gasteiger partial charge in [0.15, 0.2) is 0 Å². The molecule has 0 saturated carbocycles. The lowest BCUT2D eigenvalue weighted by molar-refractivity contribution is 0.310. The van der Waals surface area contributed by atoms with Gasteiger partial charge < -0.3 is 4.74 Å². The molecule has 0 amide bonds. The minimum atomic E-state index is -4.10. The Morgan fingerprint density at radius 2 is 1.66 bits per heavy atom. The van der Waals surface area contributed by atoms with Gasteiger partial charge in [-0.15, -0.1) is 0 Å². The maximum Gasteiger partial charge on any atom is 0.270 e. The largest absolute Gasteiger partial charge is 0.492 e. The molecule has 0 radical (unpaired) electrons. The third-order valence-corrected chi connectivity index (χ3v) is 5.53. The van der Waals surface area contributed by atoms with Gasteiger partial charge in [0, 0.05) is 22.3 Å². The van der Waals surface area contributed by atoms with E-state index >= 15 is 0 Å². The van der Waals surface area contributed by atoms with Crippen LogP contribution in [0.4, 0.5) is 0 Å². The molecule has 29 heavy (non-hydrogen) atoms. The minimum Gasteiger partial charge on any atom is -0.492 e. The van der Waals surface area contributed by atoms with Gasteiger partial charge in [-0.05, 0) is 60.9 Å². The van der Waals surface area contributed by atoms with E-state index in [1.54, 1.807) is 30.5 Å². The summed E-state index contributed by atoms with van der Waals surface area (Å²) in [5.74, 6) is 6.52. The Labute approximate surface area is 175 Å². The summed E-state index contributed by atoms with van der Waals surface area (Å²) in [4.78, 5) is 4.37. The number of hydrogen-bond acceptors (Lipinski definition) is 4. The number of benzene rings is 2. The maximum absolute atomic E-state index is 11.0. The Balaban J connectivity index is 1.63. The van der Waals surface area contributed by atoms with Crippen LogP contribution in [0.15, 0.2) is 66.9 Å². The summed E-state index contributed by atoms with van der Waals surface area (Å²) in [5.41, 5.74) is 3.42. The lowest BCUT2D eigenvalue weighted by Gasteiger charge is -2.10. The van der Waals surface area contributed by atoms with Gasteiger partial charge in [-0.2, -0.15) is 8.42 Å². The minimum absolute atomic E-state index is 0.131. The van der Waals surface area contributed by atoms with Crippen molar-refractivity contribution < 1.29 is 17.7 Å². The normalized spacial score (nSPS) is 12.0. The molecule has 1 aromatic heterocycles. The number of hydrogen-bond donors (Lipinski definition) is 1. The molecular weight excluding hydrogens is 410 g/mol. The Morgan fingerprint density at radius 1 is 1.00 bits per heavy atom. The van der Waals surface area contributed by atoms with Crippen molar-refractivity contribution in [2.45, 2.75) is 12.2 Å². The van der Waals surface area contributed by atoms with Crippen molar-refractivity contribution in [3.05, 3.63) is 83.1 Å². The molecule has 1 heterocycles. The number of halogens is 1. The highest BCUT2D eigenvalue weighted by molar-refractivity contribution is 7.86. The number of rotatable bonds is 5. The van der Waals surface area contributed by atoms with Crippen LogP contribution in [-0.2, 0) is 10.1 Å². The first-order chi connectivity index (χ1) is 13.8. The fraction of sp³-hybridized carbons (Fsp3) is 0.136. The fourth-order valence-corrected chi connectivity index (χ4v) is 2.72. The van der Waals surface area contributed by atoms with E-state index in [4.69, 9.17) is 20.9 Å². The van der Waals surface area contributed by atoms with Gasteiger partial charge in [0.25, 0.3) is 10.1 Å². The third kappa shape index (κ3) is 6.06. The van der Waals surface area contributed by atoms with Crippen LogP contribution in [0.5, 0.6) is 5.75 Å². The summed E-state index contributed by atoms with van der Waals surface area (Å²) in [5, 5.41) is -0.308. The van der Waals surface area contributed by atoms with Crippen molar-refractivity contribution in [1.82, 2.24) is 4.98 Å². The van der Waals surface area contributed by atoms with E-state index in [0.29, 0.717) is 16.5 Å². The van der Waals surface area contributed by atoms with Gasteiger partial charge in [0.2, 0.25) is 0 Å². The molecule has 0 aliphatic heterocycles. The lowest BCUT2D eigenvalue weighted by atomic mass is 10.1. The molecule has 0 fully saturated rings. The molecule has 0 saturated heterocycles. The Kier molecular flexibility index (Phi) is 6.55. The second-order valence-corrected chi connectivity index (χ2v) is 8.62. The number of aromatic nitrogens is 1. The van der Waals surface area contributed by atoms with Crippen LogP contribution >= 0.6 is 11.6 Å². The standard InChI is InChI=1S/C22H18ClNO4S/c1-16(29(25,26)27)15-28-22-12-3-17(4-13-22)2-10-21-11-7-19(14-24-21)18-5-8-20(23)9-6-18/h3-9,11-14,16H,15H2,1H3,(H,25,26,27). The van der Waals surface area contributed by atoms with Crippen molar-refractivity contribution >= 4 is 21.7 Å². The molecule has 148 valence electrons. The van der Waals surface area contributed by atoms with Crippen molar-refractivity contribution in [2.24, 2.45) is 0 Å². The van der Waals surface area contributed by atoms with Crippen molar-refractivity contribution in [1.29, 1.82) is 0 Å². The van der Waals surface area contributed by atoms with E-state index in [1.165, 1.54) is 6.92 Å². The van der Waals surface area contributed by atoms with E-state index < -0.39 is 15.4 Å². The molecule has 3 rings (SSSR count). The van der Waals surface area contributed by atoms with Gasteiger partial charge in [-0.3, -0.25) is 4.55 Å². The molecule has 7 heteroatoms. The zero-order valence-corrected chi connectivity index (χ0v) is 17.1. The van der Waals surface area contributed by atoms with Gasteiger partial charge in [0.05, 0.1) is 0 Å². The molecule has 2 aromatic carbocycles. The lowest BCUT2D eigenvalue weighted by Crippen LogP contribution is -2.24. The summed E-state index contributed by atoms with van der Waals surface area (Å²) in [7, 11) is -4.10. The van der Waals surface area contributed by atoms with E-state index in [2.05, 4.69) is 16.8 Å². The quantitative estimate of drug-likeness (QED) is 0.480. The highest BCUT2D eigenvalue weighted by Crippen LogP contribution is 2.20. The van der Waals surface area contributed by atoms with Crippen LogP contribution in [0, 0.1) is 11.8 Å². The van der Waals surface area contributed by atoms with Gasteiger partial charge in [0.1, 0.15) is 23.3 Å². The van der Waals surface area contributed by atoms with E-state index in [1.807, 2.05) is 36.4 Å². The highest BCUT2D eigenvalue weighted by Gasteiger charge is 2.17. The van der Waals surface area contributed by atoms with Crippen molar-refractivity contribution in [3.8, 4) is 28.7 Å². The average Bonchev–Trinajstić information content (AvgIpc) is 2.71. The number of ether oxygens (including phenoxy) is 1. The molecule has 0 aliphatic carbocycles. The predicted octanol–water partition coefficient (Wildman–Crippen LogP) is 4.46. The second kappa shape index (κ2) is 9.10. The van der Waals surface area contributed by atoms with Crippen molar-refractivity contribution in [2.75, 3.05) is 6.61 Å². The monoisotopic (exact) mass is 427 g/mol. The first kappa shape index (κ1) is 20.9. The van der Waals surface area contributed by atoms with E-state index in [-0.39, 0.29) is 6.61 Å². The molecule has 1 atom stereocenters. The molecule has 3 aromatic rings. The Bertz CT molecular complexity index is 1130. The summed E-state index contributed by atoms with van der Waals surface area (Å²) in [6.07, 6.45) is 1.76. The Morgan fingerprint density at radius 3 is 2.24 bits per heavy atom. The molecule has 0 bridgehead atoms. The van der Waals surface area contributed by atoms with E-state index in [0.717, 1.165) is 16.7 Å². The van der Waals surface area contributed by atoms with Crippen LogP contribution in [0.1, 0.15) is 18.2 Å². The van der Waals surface area contributed by atoms with Gasteiger partial charge >= 0.3 is 0 Å². The number of nitrogens with zero attached hydrogens (tertiary/aromatic N) is 1. The fourth-order valence-electron chi connectivity index (χ4n) is 2.35. The first-order valence-corrected chi connectivity index (χ1v) is 10.6. The molecule has 0 aliphatic rings. The first-order valence-electron chi connectivity index (χ1n) is 8.74. The van der Waals surface area contributed by atoms with Crippen molar-refractivity contribution in [3.63, 3.8) is 0 Å². The highest BCUT2D eigenvalue weighted by atomic mass is 35.5. The molecule has 5 nitrogen and oxygen atoms in total. The maximum atomic E-state index is 11.0. The zero-order chi connectivity index (χ0) is 20.9. The molecular formula is C22H18ClNO4S.